The summed E-state index contributed by atoms with van der Waals surface area (Å²) in [7, 11) is 0. The highest BCUT2D eigenvalue weighted by Gasteiger charge is 2.62. The van der Waals surface area contributed by atoms with Gasteiger partial charge in [0.15, 0.2) is 5.78 Å². The summed E-state index contributed by atoms with van der Waals surface area (Å²) >= 11 is 0. The summed E-state index contributed by atoms with van der Waals surface area (Å²) in [4.78, 5) is 23.1. The zero-order valence-corrected chi connectivity index (χ0v) is 37.0. The maximum atomic E-state index is 11.8. The Bertz CT molecular complexity index is 2510. The van der Waals surface area contributed by atoms with Crippen LogP contribution in [0.15, 0.2) is 84.8 Å². The molecule has 9 rings (SSSR count). The molecule has 0 aliphatic heterocycles. The number of aliphatic hydroxyl groups is 1. The summed E-state index contributed by atoms with van der Waals surface area (Å²) in [6.45, 7) is 16.3. The van der Waals surface area contributed by atoms with Gasteiger partial charge < -0.3 is 25.3 Å². The summed E-state index contributed by atoms with van der Waals surface area (Å²) in [6.07, 6.45) is 16.7. The van der Waals surface area contributed by atoms with Gasteiger partial charge in [-0.2, -0.15) is 5.26 Å². The van der Waals surface area contributed by atoms with Gasteiger partial charge >= 0.3 is 0 Å². The molecule has 318 valence electrons. The molecule has 0 saturated heterocycles. The number of allylic oxidation sites excluding steroid dienone is 1. The molecule has 6 atom stereocenters. The first kappa shape index (κ1) is 43.6. The molecule has 0 spiro atoms. The predicted molar refractivity (Wildman–Crippen MR) is 243 cm³/mol. The molecule has 1 N–H and O–H groups in total. The molecule has 3 fully saturated rings. The van der Waals surface area contributed by atoms with E-state index in [2.05, 4.69) is 111 Å². The van der Waals surface area contributed by atoms with E-state index in [9.17, 15) is 15.2 Å². The Balaban J connectivity index is 0.000000191. The number of benzene rings is 3. The van der Waals surface area contributed by atoms with E-state index in [-0.39, 0.29) is 10.8 Å². The van der Waals surface area contributed by atoms with Crippen molar-refractivity contribution in [1.82, 2.24) is 19.1 Å². The molecule has 3 aromatic carbocycles. The average molecular weight is 818 g/mol. The van der Waals surface area contributed by atoms with Crippen LogP contribution in [0.4, 0.5) is 0 Å². The van der Waals surface area contributed by atoms with Gasteiger partial charge in [-0.05, 0) is 154 Å². The molecule has 4 aliphatic carbocycles. The van der Waals surface area contributed by atoms with Crippen LogP contribution in [-0.2, 0) is 17.8 Å². The highest BCUT2D eigenvalue weighted by atomic mass is 16.3. The Labute approximate surface area is 361 Å². The van der Waals surface area contributed by atoms with Gasteiger partial charge in [0.25, 0.3) is 0 Å². The van der Waals surface area contributed by atoms with E-state index < -0.39 is 5.60 Å². The van der Waals surface area contributed by atoms with Crippen molar-refractivity contribution in [2.75, 3.05) is 0 Å². The van der Waals surface area contributed by atoms with Crippen LogP contribution in [-0.4, -0.2) is 35.6 Å². The van der Waals surface area contributed by atoms with Gasteiger partial charge in [-0.25, -0.2) is 9.97 Å². The average Bonchev–Trinajstić information content (AvgIpc) is 3.94. The number of hydrogen-bond donors (Lipinski definition) is 1. The molecule has 0 bridgehead atoms. The normalized spacial score (nSPS) is 26.4. The number of nitrogens with zero attached hydrogens (tertiary/aromatic N) is 8. The molecule has 0 radical (unpaired) electrons. The molecule has 5 aromatic rings. The number of nitriles is 1. The lowest BCUT2D eigenvalue weighted by Crippen LogP contribution is -2.53. The van der Waals surface area contributed by atoms with E-state index >= 15 is 0 Å². The Hall–Kier alpha value is -5.49. The minimum atomic E-state index is -0.484. The van der Waals surface area contributed by atoms with Gasteiger partial charge in [0, 0.05) is 37.2 Å². The Morgan fingerprint density at radius 2 is 1.69 bits per heavy atom. The molecular formula is C51H61N8O2-. The number of ketones is 1. The Kier molecular flexibility index (Phi) is 12.5. The number of imidazole rings is 2. The van der Waals surface area contributed by atoms with Crippen LogP contribution in [0, 0.1) is 46.8 Å². The van der Waals surface area contributed by atoms with Crippen LogP contribution < -0.4 is 0 Å². The first-order valence-corrected chi connectivity index (χ1v) is 22.2. The van der Waals surface area contributed by atoms with E-state index in [1.165, 1.54) is 40.9 Å². The number of fused-ring (bicyclic) bond motifs is 6. The molecule has 10 nitrogen and oxygen atoms in total. The van der Waals surface area contributed by atoms with Crippen LogP contribution in [0.3, 0.4) is 0 Å². The van der Waals surface area contributed by atoms with Crippen LogP contribution >= 0.6 is 0 Å². The van der Waals surface area contributed by atoms with Crippen LogP contribution in [0.25, 0.3) is 49.4 Å². The Morgan fingerprint density at radius 1 is 0.967 bits per heavy atom. The lowest BCUT2D eigenvalue weighted by molar-refractivity contribution is -0.124. The molecule has 4 aliphatic rings. The van der Waals surface area contributed by atoms with E-state index in [0.717, 1.165) is 103 Å². The number of carbonyl (C=O) groups excluding carboxylic acids is 1. The third kappa shape index (κ3) is 8.18. The van der Waals surface area contributed by atoms with Crippen molar-refractivity contribution >= 4 is 16.8 Å². The second kappa shape index (κ2) is 17.5. The predicted octanol–water partition coefficient (Wildman–Crippen LogP) is 12.5. The summed E-state index contributed by atoms with van der Waals surface area (Å²) in [5, 5.41) is 20.4. The largest absolute Gasteiger partial charge is 0.390 e. The van der Waals surface area contributed by atoms with E-state index in [1.807, 2.05) is 36.7 Å². The molecule has 0 unspecified atom stereocenters. The van der Waals surface area contributed by atoms with Gasteiger partial charge in [0.2, 0.25) is 0 Å². The van der Waals surface area contributed by atoms with E-state index in [1.54, 1.807) is 0 Å². The van der Waals surface area contributed by atoms with Gasteiger partial charge in [-0.3, -0.25) is 9.71 Å². The minimum Gasteiger partial charge on any atom is -0.390 e. The fraction of sp³-hybridized carbons (Fsp3) is 0.490. The summed E-state index contributed by atoms with van der Waals surface area (Å²) in [5.74, 6) is 3.61. The van der Waals surface area contributed by atoms with Crippen molar-refractivity contribution in [1.29, 1.82) is 5.26 Å². The maximum absolute atomic E-state index is 11.8. The number of rotatable bonds is 7. The highest BCUT2D eigenvalue weighted by molar-refractivity contribution is 5.91. The topological polar surface area (TPSA) is 155 Å². The summed E-state index contributed by atoms with van der Waals surface area (Å²) in [5.41, 5.74) is 24.2. The lowest BCUT2D eigenvalue weighted by atomic mass is 9.46. The molecule has 2 aromatic heterocycles. The van der Waals surface area contributed by atoms with Gasteiger partial charge in [-0.15, -0.1) is 0 Å². The number of aromatic nitrogens is 4. The molecule has 0 amide bonds. The molecular weight excluding hydrogens is 757 g/mol. The van der Waals surface area contributed by atoms with E-state index in [4.69, 9.17) is 16.0 Å². The van der Waals surface area contributed by atoms with Crippen molar-refractivity contribution in [3.63, 3.8) is 0 Å². The van der Waals surface area contributed by atoms with Crippen LogP contribution in [0.1, 0.15) is 128 Å². The molecule has 2 heterocycles. The SMILES string of the molecule is CCCc1nc2c(C)cc(-c3cn(C(C)C)cn3)cc2n1Cc1ccc(-c2ccccc2C#N)cc1.C[C@]12CCC(=O)C=C1CC[C@@H]1[C@@H]2CC[C@@]2(C)[C@H]1CC[C@]2(C)O.[N-]=[N+]=[N-]. The minimum absolute atomic E-state index is 0.107. The monoisotopic (exact) mass is 817 g/mol. The standard InChI is InChI=1S/C31H31N5.C20H30O2.N3/c1-5-8-30-34-31-22(4)15-26(28-19-35(20-33-28)21(2)3)16-29(31)36(30)18-23-11-13-24(14-12-23)27-10-7-6-9-25(27)17-32;1-18-9-6-14(21)12-13(18)4-5-15-16(18)7-10-19(2)17(15)8-11-20(19,3)22;1-3-2/h6-7,9-16,19-21H,5,8,18H2,1-4H3;12,15-17,22H,4-11H2,1-3H3;/q;;-1/t;15-,16+,17+,18+,19+,20+;/m.1./s1. The van der Waals surface area contributed by atoms with Crippen LogP contribution in [0.5, 0.6) is 0 Å². The lowest BCUT2D eigenvalue weighted by Gasteiger charge is -2.58. The first-order valence-electron chi connectivity index (χ1n) is 22.2. The molecule has 3 saturated carbocycles. The van der Waals surface area contributed by atoms with Crippen molar-refractivity contribution in [3.05, 3.63) is 123 Å². The van der Waals surface area contributed by atoms with Gasteiger partial charge in [-0.1, -0.05) is 68.8 Å². The number of hydrogen-bond acceptors (Lipinski definition) is 5. The molecule has 61 heavy (non-hydrogen) atoms. The first-order chi connectivity index (χ1) is 29.2. The Morgan fingerprint density at radius 3 is 2.38 bits per heavy atom. The van der Waals surface area contributed by atoms with Crippen molar-refractivity contribution in [3.8, 4) is 28.5 Å². The fourth-order valence-corrected chi connectivity index (χ4v) is 11.6. The van der Waals surface area contributed by atoms with Gasteiger partial charge in [0.1, 0.15) is 5.82 Å². The maximum Gasteiger partial charge on any atom is 0.155 e. The zero-order chi connectivity index (χ0) is 43.7. The third-order valence-corrected chi connectivity index (χ3v) is 15.3. The second-order valence-corrected chi connectivity index (χ2v) is 19.0. The molecule has 10 heteroatoms. The summed E-state index contributed by atoms with van der Waals surface area (Å²) in [6, 6.07) is 23.4. The fourth-order valence-electron chi connectivity index (χ4n) is 11.6. The van der Waals surface area contributed by atoms with E-state index in [0.29, 0.717) is 23.3 Å². The quantitative estimate of drug-likeness (QED) is 0.0983. The smallest absolute Gasteiger partial charge is 0.155 e. The second-order valence-electron chi connectivity index (χ2n) is 19.0. The highest BCUT2D eigenvalue weighted by Crippen LogP contribution is 2.67. The van der Waals surface area contributed by atoms with Gasteiger partial charge in [0.05, 0.1) is 40.3 Å². The summed E-state index contributed by atoms with van der Waals surface area (Å²) < 4.78 is 4.49. The number of carbonyl (C=O) groups is 1. The third-order valence-electron chi connectivity index (χ3n) is 15.3. The zero-order valence-electron chi connectivity index (χ0n) is 37.0. The van der Waals surface area contributed by atoms with Crippen molar-refractivity contribution in [2.45, 2.75) is 131 Å². The van der Waals surface area contributed by atoms with Crippen molar-refractivity contribution < 1.29 is 9.90 Å². The number of aryl methyl sites for hydroxylation is 2. The van der Waals surface area contributed by atoms with Crippen LogP contribution in [0.2, 0.25) is 0 Å². The van der Waals surface area contributed by atoms with Crippen molar-refractivity contribution in [2.24, 2.45) is 28.6 Å².